The van der Waals surface area contributed by atoms with Gasteiger partial charge in [-0.05, 0) is 23.6 Å². The van der Waals surface area contributed by atoms with Gasteiger partial charge in [-0.3, -0.25) is 4.79 Å². The molecule has 2 aromatic carbocycles. The lowest BCUT2D eigenvalue weighted by Gasteiger charge is -2.33. The van der Waals surface area contributed by atoms with Crippen molar-refractivity contribution in [2.75, 3.05) is 19.7 Å². The Labute approximate surface area is 154 Å². The zero-order chi connectivity index (χ0) is 17.9. The Bertz CT molecular complexity index is 901. The summed E-state index contributed by atoms with van der Waals surface area (Å²) >= 11 is 0. The van der Waals surface area contributed by atoms with Crippen molar-refractivity contribution >= 4 is 16.8 Å². The summed E-state index contributed by atoms with van der Waals surface area (Å²) < 4.78 is 8.01. The minimum Gasteiger partial charge on any atom is -0.370 e. The molecule has 2 heterocycles. The Morgan fingerprint density at radius 1 is 1.12 bits per heavy atom. The van der Waals surface area contributed by atoms with Gasteiger partial charge < -0.3 is 14.2 Å². The number of nitrogens with zero attached hydrogens (tertiary/aromatic N) is 2. The van der Waals surface area contributed by atoms with Crippen LogP contribution in [0.1, 0.15) is 23.7 Å². The van der Waals surface area contributed by atoms with E-state index < -0.39 is 0 Å². The third-order valence-electron chi connectivity index (χ3n) is 5.18. The van der Waals surface area contributed by atoms with Crippen molar-refractivity contribution in [1.82, 2.24) is 9.47 Å². The molecule has 0 saturated carbocycles. The normalized spacial score (nSPS) is 17.6. The van der Waals surface area contributed by atoms with Gasteiger partial charge in [0.05, 0.1) is 13.2 Å². The summed E-state index contributed by atoms with van der Waals surface area (Å²) in [6.45, 7) is 1.91. The Morgan fingerprint density at radius 3 is 2.73 bits per heavy atom. The number of morpholine rings is 1. The van der Waals surface area contributed by atoms with Crippen molar-refractivity contribution in [3.63, 3.8) is 0 Å². The zero-order valence-electron chi connectivity index (χ0n) is 15.1. The predicted molar refractivity (Wildman–Crippen MR) is 103 cm³/mol. The third kappa shape index (κ3) is 3.37. The van der Waals surface area contributed by atoms with Crippen LogP contribution in [0.4, 0.5) is 0 Å². The number of benzene rings is 2. The van der Waals surface area contributed by atoms with Crippen molar-refractivity contribution < 1.29 is 9.53 Å². The summed E-state index contributed by atoms with van der Waals surface area (Å²) in [5.74, 6) is 0.210. The van der Waals surface area contributed by atoms with E-state index in [2.05, 4.69) is 54.2 Å². The highest BCUT2D eigenvalue weighted by Gasteiger charge is 2.25. The Balaban J connectivity index is 1.41. The van der Waals surface area contributed by atoms with Gasteiger partial charge in [-0.1, -0.05) is 48.5 Å². The number of fused-ring (bicyclic) bond motifs is 1. The summed E-state index contributed by atoms with van der Waals surface area (Å²) in [6.07, 6.45) is 3.43. The molecule has 134 valence electrons. The van der Waals surface area contributed by atoms with Crippen molar-refractivity contribution in [1.29, 1.82) is 0 Å². The van der Waals surface area contributed by atoms with E-state index in [1.807, 2.05) is 23.1 Å². The maximum absolute atomic E-state index is 12.8. The van der Waals surface area contributed by atoms with E-state index in [4.69, 9.17) is 4.74 Å². The minimum absolute atomic E-state index is 0.0218. The van der Waals surface area contributed by atoms with Crippen LogP contribution in [0.3, 0.4) is 0 Å². The number of ether oxygens (including phenoxy) is 1. The second kappa shape index (κ2) is 7.34. The van der Waals surface area contributed by atoms with Gasteiger partial charge in [0.15, 0.2) is 0 Å². The Morgan fingerprint density at radius 2 is 1.88 bits per heavy atom. The van der Waals surface area contributed by atoms with E-state index in [1.54, 1.807) is 0 Å². The number of carbonyl (C=O) groups is 1. The van der Waals surface area contributed by atoms with Crippen LogP contribution in [0.2, 0.25) is 0 Å². The van der Waals surface area contributed by atoms with E-state index >= 15 is 0 Å². The molecular formula is C22H24N2O2. The largest absolute Gasteiger partial charge is 0.370 e. The topological polar surface area (TPSA) is 34.5 Å². The molecule has 4 heteroatoms. The average molecular weight is 348 g/mol. The van der Waals surface area contributed by atoms with Gasteiger partial charge in [0, 0.05) is 37.1 Å². The maximum atomic E-state index is 12.8. The van der Waals surface area contributed by atoms with E-state index in [1.165, 1.54) is 16.5 Å². The first-order chi connectivity index (χ1) is 12.7. The van der Waals surface area contributed by atoms with Gasteiger partial charge in [0.1, 0.15) is 6.10 Å². The summed E-state index contributed by atoms with van der Waals surface area (Å²) in [5.41, 5.74) is 3.59. The second-order valence-corrected chi connectivity index (χ2v) is 6.89. The van der Waals surface area contributed by atoms with Crippen LogP contribution >= 0.6 is 0 Å². The molecule has 0 bridgehead atoms. The molecule has 4 nitrogen and oxygen atoms in total. The predicted octanol–water partition coefficient (Wildman–Crippen LogP) is 3.71. The molecule has 26 heavy (non-hydrogen) atoms. The number of hydrogen-bond donors (Lipinski definition) is 0. The van der Waals surface area contributed by atoms with Crippen LogP contribution in [0.5, 0.6) is 0 Å². The molecule has 0 spiro atoms. The van der Waals surface area contributed by atoms with Crippen molar-refractivity contribution in [3.8, 4) is 0 Å². The highest BCUT2D eigenvalue weighted by atomic mass is 16.5. The summed E-state index contributed by atoms with van der Waals surface area (Å²) in [5, 5.41) is 1.24. The molecule has 1 fully saturated rings. The third-order valence-corrected chi connectivity index (χ3v) is 5.18. The van der Waals surface area contributed by atoms with Gasteiger partial charge in [-0.25, -0.2) is 0 Å². The molecule has 1 atom stereocenters. The number of amides is 1. The fourth-order valence-corrected chi connectivity index (χ4v) is 3.77. The van der Waals surface area contributed by atoms with Crippen molar-refractivity contribution in [2.45, 2.75) is 18.9 Å². The maximum Gasteiger partial charge on any atom is 0.223 e. The summed E-state index contributed by atoms with van der Waals surface area (Å²) in [6, 6.07) is 18.5. The van der Waals surface area contributed by atoms with Gasteiger partial charge in [0.25, 0.3) is 0 Å². The smallest absolute Gasteiger partial charge is 0.223 e. The highest BCUT2D eigenvalue weighted by molar-refractivity contribution is 5.85. The molecule has 0 N–H and O–H groups in total. The van der Waals surface area contributed by atoms with Crippen LogP contribution in [-0.2, 0) is 23.0 Å². The summed E-state index contributed by atoms with van der Waals surface area (Å²) in [7, 11) is 2.06. The van der Waals surface area contributed by atoms with Gasteiger partial charge in [-0.2, -0.15) is 0 Å². The van der Waals surface area contributed by atoms with E-state index in [-0.39, 0.29) is 12.0 Å². The Hall–Kier alpha value is -2.59. The van der Waals surface area contributed by atoms with Crippen molar-refractivity contribution in [2.24, 2.45) is 7.05 Å². The number of aryl methyl sites for hydroxylation is 2. The van der Waals surface area contributed by atoms with Crippen LogP contribution in [0.25, 0.3) is 10.9 Å². The van der Waals surface area contributed by atoms with Crippen LogP contribution in [0.15, 0.2) is 60.8 Å². The molecular weight excluding hydrogens is 324 g/mol. The fourth-order valence-electron chi connectivity index (χ4n) is 3.77. The number of aromatic nitrogens is 1. The number of para-hydroxylation sites is 1. The van der Waals surface area contributed by atoms with Gasteiger partial charge >= 0.3 is 0 Å². The fraction of sp³-hybridized carbons (Fsp3) is 0.318. The molecule has 1 amide bonds. The Kier molecular flexibility index (Phi) is 4.76. The molecule has 1 aliphatic rings. The summed E-state index contributed by atoms with van der Waals surface area (Å²) in [4.78, 5) is 14.7. The first-order valence-electron chi connectivity index (χ1n) is 9.19. The van der Waals surface area contributed by atoms with Crippen LogP contribution in [0, 0.1) is 0 Å². The highest BCUT2D eigenvalue weighted by Crippen LogP contribution is 2.24. The number of hydrogen-bond acceptors (Lipinski definition) is 2. The quantitative estimate of drug-likeness (QED) is 0.720. The lowest BCUT2D eigenvalue weighted by molar-refractivity contribution is -0.139. The number of rotatable bonds is 4. The molecule has 1 aromatic heterocycles. The average Bonchev–Trinajstić information content (AvgIpc) is 3.03. The van der Waals surface area contributed by atoms with Crippen molar-refractivity contribution in [3.05, 3.63) is 71.9 Å². The van der Waals surface area contributed by atoms with Gasteiger partial charge in [0.2, 0.25) is 5.91 Å². The van der Waals surface area contributed by atoms with E-state index in [9.17, 15) is 4.79 Å². The lowest BCUT2D eigenvalue weighted by atomic mass is 10.1. The molecule has 3 aromatic rings. The first-order valence-corrected chi connectivity index (χ1v) is 9.19. The van der Waals surface area contributed by atoms with Crippen LogP contribution in [-0.4, -0.2) is 35.1 Å². The van der Waals surface area contributed by atoms with Crippen LogP contribution < -0.4 is 0 Å². The minimum atomic E-state index is -0.0218. The molecule has 0 aliphatic carbocycles. The molecule has 4 rings (SSSR count). The molecule has 0 unspecified atom stereocenters. The lowest BCUT2D eigenvalue weighted by Crippen LogP contribution is -2.42. The first kappa shape index (κ1) is 16.9. The molecule has 0 radical (unpaired) electrons. The SMILES string of the molecule is Cn1cc(CCC(=O)N2CCO[C@@H](c3ccccc3)C2)c2ccccc21. The molecule has 1 saturated heterocycles. The monoisotopic (exact) mass is 348 g/mol. The van der Waals surface area contributed by atoms with Gasteiger partial charge in [-0.15, -0.1) is 0 Å². The second-order valence-electron chi connectivity index (χ2n) is 6.89. The van der Waals surface area contributed by atoms with E-state index in [0.29, 0.717) is 26.1 Å². The number of carbonyl (C=O) groups excluding carboxylic acids is 1. The zero-order valence-corrected chi connectivity index (χ0v) is 15.1. The standard InChI is InChI=1S/C22H24N2O2/c1-23-15-18(19-9-5-6-10-20(19)23)11-12-22(25)24-13-14-26-21(16-24)17-7-3-2-4-8-17/h2-10,15,21H,11-14,16H2,1H3/t21-/m1/s1. The van der Waals surface area contributed by atoms with E-state index in [0.717, 1.165) is 12.0 Å². The molecule has 1 aliphatic heterocycles.